The molecule has 0 fully saturated rings. The first-order valence-corrected chi connectivity index (χ1v) is 5.99. The number of aryl methyl sites for hydroxylation is 2. The molecule has 1 aromatic carbocycles. The first-order valence-electron chi connectivity index (χ1n) is 5.99. The van der Waals surface area contributed by atoms with Gasteiger partial charge in [0.25, 0.3) is 0 Å². The average Bonchev–Trinajstić information content (AvgIpc) is 2.63. The van der Waals surface area contributed by atoms with E-state index < -0.39 is 0 Å². The van der Waals surface area contributed by atoms with E-state index in [1.165, 1.54) is 22.0 Å². The molecule has 16 heavy (non-hydrogen) atoms. The van der Waals surface area contributed by atoms with Gasteiger partial charge in [-0.2, -0.15) is 0 Å². The molecule has 0 bridgehead atoms. The van der Waals surface area contributed by atoms with Gasteiger partial charge in [-0.05, 0) is 51.1 Å². The third-order valence-electron chi connectivity index (χ3n) is 3.15. The predicted molar refractivity (Wildman–Crippen MR) is 70.0 cm³/mol. The van der Waals surface area contributed by atoms with Crippen molar-refractivity contribution >= 4 is 10.9 Å². The van der Waals surface area contributed by atoms with Crippen LogP contribution in [0.4, 0.5) is 0 Å². The molecule has 2 rings (SSSR count). The second kappa shape index (κ2) is 4.71. The lowest BCUT2D eigenvalue weighted by molar-refractivity contribution is 0.784. The molecule has 2 aromatic rings. The molecule has 0 saturated carbocycles. The molecule has 0 radical (unpaired) electrons. The number of hydrogen-bond donors (Lipinski definition) is 1. The Morgan fingerprint density at radius 1 is 1.31 bits per heavy atom. The summed E-state index contributed by atoms with van der Waals surface area (Å²) in [4.78, 5) is 0. The minimum Gasteiger partial charge on any atom is -0.347 e. The van der Waals surface area contributed by atoms with Crippen LogP contribution in [-0.2, 0) is 13.0 Å². The lowest BCUT2D eigenvalue weighted by Crippen LogP contribution is -2.10. The summed E-state index contributed by atoms with van der Waals surface area (Å²) in [6.45, 7) is 6.46. The van der Waals surface area contributed by atoms with Crippen molar-refractivity contribution in [2.75, 3.05) is 13.6 Å². The largest absolute Gasteiger partial charge is 0.347 e. The molecule has 2 nitrogen and oxygen atoms in total. The van der Waals surface area contributed by atoms with Crippen LogP contribution in [-0.4, -0.2) is 18.2 Å². The van der Waals surface area contributed by atoms with E-state index in [0.29, 0.717) is 0 Å². The number of hydrogen-bond acceptors (Lipinski definition) is 1. The summed E-state index contributed by atoms with van der Waals surface area (Å²) in [7, 11) is 2.00. The van der Waals surface area contributed by atoms with Crippen molar-refractivity contribution in [3.05, 3.63) is 35.5 Å². The fourth-order valence-electron chi connectivity index (χ4n) is 2.21. The Kier molecular flexibility index (Phi) is 3.30. The summed E-state index contributed by atoms with van der Waals surface area (Å²) in [5.74, 6) is 0. The quantitative estimate of drug-likeness (QED) is 0.831. The molecule has 1 aromatic heterocycles. The highest BCUT2D eigenvalue weighted by Crippen LogP contribution is 2.22. The van der Waals surface area contributed by atoms with Crippen LogP contribution in [0.2, 0.25) is 0 Å². The summed E-state index contributed by atoms with van der Waals surface area (Å²) < 4.78 is 2.33. The van der Waals surface area contributed by atoms with E-state index in [0.717, 1.165) is 19.5 Å². The van der Waals surface area contributed by atoms with Crippen LogP contribution < -0.4 is 5.32 Å². The van der Waals surface area contributed by atoms with Gasteiger partial charge in [0.1, 0.15) is 0 Å². The van der Waals surface area contributed by atoms with Crippen LogP contribution >= 0.6 is 0 Å². The molecular formula is C14H20N2. The van der Waals surface area contributed by atoms with Gasteiger partial charge in [-0.1, -0.05) is 12.1 Å². The maximum Gasteiger partial charge on any atom is 0.0485 e. The standard InChI is InChI=1S/C14H20N2/c1-4-16-10-11(2)13-6-5-12(7-8-15-3)9-14(13)16/h5-6,9-10,15H,4,7-8H2,1-3H3. The summed E-state index contributed by atoms with van der Waals surface area (Å²) in [6, 6.07) is 6.82. The van der Waals surface area contributed by atoms with Gasteiger partial charge in [-0.15, -0.1) is 0 Å². The highest BCUT2D eigenvalue weighted by Gasteiger charge is 2.04. The Hall–Kier alpha value is -1.28. The number of benzene rings is 1. The monoisotopic (exact) mass is 216 g/mol. The second-order valence-electron chi connectivity index (χ2n) is 4.30. The van der Waals surface area contributed by atoms with Crippen molar-refractivity contribution in [3.63, 3.8) is 0 Å². The van der Waals surface area contributed by atoms with Crippen molar-refractivity contribution in [1.29, 1.82) is 0 Å². The number of fused-ring (bicyclic) bond motifs is 1. The van der Waals surface area contributed by atoms with E-state index in [4.69, 9.17) is 0 Å². The third kappa shape index (κ3) is 1.98. The number of nitrogens with zero attached hydrogens (tertiary/aromatic N) is 1. The Balaban J connectivity index is 2.43. The minimum atomic E-state index is 1.04. The van der Waals surface area contributed by atoms with Gasteiger partial charge in [-0.3, -0.25) is 0 Å². The molecular weight excluding hydrogens is 196 g/mol. The molecule has 1 heterocycles. The molecule has 0 spiro atoms. The van der Waals surface area contributed by atoms with Gasteiger partial charge < -0.3 is 9.88 Å². The second-order valence-corrected chi connectivity index (χ2v) is 4.30. The van der Waals surface area contributed by atoms with E-state index in [9.17, 15) is 0 Å². The molecule has 86 valence electrons. The fourth-order valence-corrected chi connectivity index (χ4v) is 2.21. The Labute approximate surface area is 97.3 Å². The van der Waals surface area contributed by atoms with E-state index in [1.54, 1.807) is 0 Å². The summed E-state index contributed by atoms with van der Waals surface area (Å²) in [5.41, 5.74) is 4.15. The zero-order valence-corrected chi connectivity index (χ0v) is 10.4. The molecule has 0 atom stereocenters. The van der Waals surface area contributed by atoms with Gasteiger partial charge in [0.2, 0.25) is 0 Å². The van der Waals surface area contributed by atoms with Crippen LogP contribution in [0.1, 0.15) is 18.1 Å². The average molecular weight is 216 g/mol. The number of likely N-dealkylation sites (N-methyl/N-ethyl adjacent to an activating group) is 1. The van der Waals surface area contributed by atoms with Gasteiger partial charge in [0.15, 0.2) is 0 Å². The molecule has 0 aliphatic heterocycles. The van der Waals surface area contributed by atoms with E-state index in [2.05, 4.69) is 48.1 Å². The first kappa shape index (κ1) is 11.2. The molecule has 1 N–H and O–H groups in total. The normalized spacial score (nSPS) is 11.2. The van der Waals surface area contributed by atoms with Crippen molar-refractivity contribution in [2.24, 2.45) is 0 Å². The molecule has 0 saturated heterocycles. The van der Waals surface area contributed by atoms with E-state index >= 15 is 0 Å². The zero-order chi connectivity index (χ0) is 11.5. The highest BCUT2D eigenvalue weighted by atomic mass is 14.9. The Morgan fingerprint density at radius 2 is 2.12 bits per heavy atom. The first-order chi connectivity index (χ1) is 7.76. The third-order valence-corrected chi connectivity index (χ3v) is 3.15. The van der Waals surface area contributed by atoms with Crippen molar-refractivity contribution in [2.45, 2.75) is 26.8 Å². The number of aromatic nitrogens is 1. The fraction of sp³-hybridized carbons (Fsp3) is 0.429. The topological polar surface area (TPSA) is 17.0 Å². The maximum absolute atomic E-state index is 3.19. The van der Waals surface area contributed by atoms with Crippen molar-refractivity contribution in [1.82, 2.24) is 9.88 Å². The molecule has 0 unspecified atom stereocenters. The molecule has 0 aliphatic carbocycles. The summed E-state index contributed by atoms with van der Waals surface area (Å²) in [6.07, 6.45) is 3.34. The van der Waals surface area contributed by atoms with Crippen molar-refractivity contribution < 1.29 is 0 Å². The van der Waals surface area contributed by atoms with Gasteiger partial charge in [-0.25, -0.2) is 0 Å². The van der Waals surface area contributed by atoms with E-state index in [-0.39, 0.29) is 0 Å². The van der Waals surface area contributed by atoms with Crippen LogP contribution in [0.5, 0.6) is 0 Å². The lowest BCUT2D eigenvalue weighted by atomic mass is 10.1. The van der Waals surface area contributed by atoms with Crippen molar-refractivity contribution in [3.8, 4) is 0 Å². The predicted octanol–water partition coefficient (Wildman–Crippen LogP) is 2.73. The van der Waals surface area contributed by atoms with Gasteiger partial charge >= 0.3 is 0 Å². The number of nitrogens with one attached hydrogen (secondary N) is 1. The van der Waals surface area contributed by atoms with Crippen LogP contribution in [0.15, 0.2) is 24.4 Å². The Bertz CT molecular complexity index is 483. The summed E-state index contributed by atoms with van der Waals surface area (Å²) >= 11 is 0. The van der Waals surface area contributed by atoms with Crippen LogP contribution in [0.3, 0.4) is 0 Å². The number of rotatable bonds is 4. The minimum absolute atomic E-state index is 1.04. The van der Waals surface area contributed by atoms with E-state index in [1.807, 2.05) is 7.05 Å². The van der Waals surface area contributed by atoms with Crippen LogP contribution in [0, 0.1) is 6.92 Å². The maximum atomic E-state index is 3.19. The zero-order valence-electron chi connectivity index (χ0n) is 10.4. The van der Waals surface area contributed by atoms with Gasteiger partial charge in [0.05, 0.1) is 0 Å². The molecule has 0 aliphatic rings. The molecule has 0 amide bonds. The SMILES string of the molecule is CCn1cc(C)c2ccc(CCNC)cc21. The Morgan fingerprint density at radius 3 is 2.81 bits per heavy atom. The smallest absolute Gasteiger partial charge is 0.0485 e. The molecule has 2 heteroatoms. The van der Waals surface area contributed by atoms with Gasteiger partial charge in [0, 0.05) is 23.6 Å². The summed E-state index contributed by atoms with van der Waals surface area (Å²) in [5, 5.41) is 4.58. The lowest BCUT2D eigenvalue weighted by Gasteiger charge is -2.04. The van der Waals surface area contributed by atoms with Crippen LogP contribution in [0.25, 0.3) is 10.9 Å². The highest BCUT2D eigenvalue weighted by molar-refractivity contribution is 5.84.